The van der Waals surface area contributed by atoms with Crippen LogP contribution in [0.3, 0.4) is 0 Å². The lowest BCUT2D eigenvalue weighted by atomic mass is 9.83. The normalized spacial score (nSPS) is 23.9. The number of amides is 1. The Labute approximate surface area is 169 Å². The molecule has 27 heavy (non-hydrogen) atoms. The van der Waals surface area contributed by atoms with Gasteiger partial charge in [0.25, 0.3) is 5.91 Å². The van der Waals surface area contributed by atoms with Crippen molar-refractivity contribution in [2.24, 2.45) is 5.92 Å². The summed E-state index contributed by atoms with van der Waals surface area (Å²) >= 11 is 12.0. The van der Waals surface area contributed by atoms with E-state index in [4.69, 9.17) is 27.9 Å². The molecule has 1 unspecified atom stereocenters. The molecule has 6 heteroatoms. The highest BCUT2D eigenvalue weighted by Gasteiger charge is 2.42. The minimum atomic E-state index is -0.0228. The number of carbonyl (C=O) groups excluding carboxylic acids is 1. The molecular weight excluding hydrogens is 383 g/mol. The van der Waals surface area contributed by atoms with E-state index in [1.807, 2.05) is 29.2 Å². The fourth-order valence-electron chi connectivity index (χ4n) is 4.27. The minimum Gasteiger partial charge on any atom is -0.484 e. The van der Waals surface area contributed by atoms with Gasteiger partial charge < -0.3 is 14.5 Å². The van der Waals surface area contributed by atoms with Gasteiger partial charge in [0.2, 0.25) is 0 Å². The molecule has 0 saturated carbocycles. The topological polar surface area (TPSA) is 34.0 Å². The van der Waals surface area contributed by atoms with Gasteiger partial charge in [-0.15, -0.1) is 0 Å². The van der Waals surface area contributed by atoms with Crippen LogP contribution >= 0.6 is 23.2 Å². The molecule has 2 aromatic rings. The number of halogens is 2. The molecule has 3 fully saturated rings. The zero-order chi connectivity index (χ0) is 18.8. The van der Waals surface area contributed by atoms with Crippen LogP contribution in [0.25, 0.3) is 0 Å². The lowest BCUT2D eigenvalue weighted by Crippen LogP contribution is -3.17. The average molecular weight is 406 g/mol. The summed E-state index contributed by atoms with van der Waals surface area (Å²) in [5, 5.41) is 1.31. The van der Waals surface area contributed by atoms with E-state index >= 15 is 0 Å². The third-order valence-corrected chi connectivity index (χ3v) is 6.16. The predicted octanol–water partition coefficient (Wildman–Crippen LogP) is 3.08. The maximum Gasteiger partial charge on any atom is 0.265 e. The third-order valence-electron chi connectivity index (χ3n) is 5.66. The molecular formula is C21H23Cl2N2O2+. The second-order valence-electron chi connectivity index (χ2n) is 7.34. The van der Waals surface area contributed by atoms with Gasteiger partial charge in [-0.1, -0.05) is 23.2 Å². The summed E-state index contributed by atoms with van der Waals surface area (Å²) in [5.41, 5.74) is 0.891. The van der Waals surface area contributed by atoms with E-state index in [2.05, 4.69) is 0 Å². The number of carbonyl (C=O) groups is 1. The highest BCUT2D eigenvalue weighted by Crippen LogP contribution is 2.29. The summed E-state index contributed by atoms with van der Waals surface area (Å²) in [4.78, 5) is 16.7. The molecule has 142 valence electrons. The van der Waals surface area contributed by atoms with Gasteiger partial charge in [-0.3, -0.25) is 4.79 Å². The van der Waals surface area contributed by atoms with Crippen LogP contribution in [0.5, 0.6) is 5.75 Å². The Morgan fingerprint density at radius 1 is 1.00 bits per heavy atom. The molecule has 3 saturated heterocycles. The standard InChI is InChI=1S/C21H22Cl2N2O2/c22-16-1-5-18(6-2-16)25(20-13-24-11-9-15(20)10-12-24)21(26)14-27-19-7-3-17(23)4-8-19/h1-8,15,20H,9-14H2/p+1. The van der Waals surface area contributed by atoms with E-state index in [1.54, 1.807) is 29.2 Å². The molecule has 0 aliphatic carbocycles. The summed E-state index contributed by atoms with van der Waals surface area (Å²) < 4.78 is 5.74. The van der Waals surface area contributed by atoms with E-state index in [9.17, 15) is 4.79 Å². The van der Waals surface area contributed by atoms with Crippen molar-refractivity contribution in [3.63, 3.8) is 0 Å². The molecule has 1 amide bonds. The number of ether oxygens (including phenoxy) is 1. The summed E-state index contributed by atoms with van der Waals surface area (Å²) in [6.45, 7) is 3.43. The monoisotopic (exact) mass is 405 g/mol. The Morgan fingerprint density at radius 2 is 1.59 bits per heavy atom. The van der Waals surface area contributed by atoms with Gasteiger partial charge in [0.05, 0.1) is 25.7 Å². The van der Waals surface area contributed by atoms with Crippen molar-refractivity contribution in [1.82, 2.24) is 0 Å². The Kier molecular flexibility index (Phi) is 5.58. The van der Waals surface area contributed by atoms with E-state index < -0.39 is 0 Å². The molecule has 1 atom stereocenters. The van der Waals surface area contributed by atoms with Crippen LogP contribution in [-0.4, -0.2) is 38.2 Å². The first-order valence-electron chi connectivity index (χ1n) is 9.40. The largest absolute Gasteiger partial charge is 0.484 e. The Balaban J connectivity index is 1.54. The maximum atomic E-state index is 13.2. The highest BCUT2D eigenvalue weighted by atomic mass is 35.5. The molecule has 0 radical (unpaired) electrons. The lowest BCUT2D eigenvalue weighted by Gasteiger charge is -2.46. The van der Waals surface area contributed by atoms with Crippen LogP contribution in [0.15, 0.2) is 48.5 Å². The number of rotatable bonds is 5. The molecule has 2 bridgehead atoms. The number of fused-ring (bicyclic) bond motifs is 3. The first kappa shape index (κ1) is 18.6. The zero-order valence-electron chi connectivity index (χ0n) is 15.0. The number of benzene rings is 2. The van der Waals surface area contributed by atoms with Crippen molar-refractivity contribution in [2.45, 2.75) is 18.9 Å². The fraction of sp³-hybridized carbons (Fsp3) is 0.381. The molecule has 5 rings (SSSR count). The van der Waals surface area contributed by atoms with Crippen molar-refractivity contribution in [3.05, 3.63) is 58.6 Å². The summed E-state index contributed by atoms with van der Waals surface area (Å²) in [6.07, 6.45) is 2.35. The van der Waals surface area contributed by atoms with Gasteiger partial charge >= 0.3 is 0 Å². The number of hydrogen-bond donors (Lipinski definition) is 1. The molecule has 0 spiro atoms. The van der Waals surface area contributed by atoms with E-state index in [-0.39, 0.29) is 18.6 Å². The molecule has 4 nitrogen and oxygen atoms in total. The number of quaternary nitrogens is 1. The molecule has 3 aliphatic rings. The van der Waals surface area contributed by atoms with Gasteiger partial charge in [-0.05, 0) is 54.4 Å². The Hall–Kier alpha value is -1.75. The van der Waals surface area contributed by atoms with Crippen molar-refractivity contribution < 1.29 is 14.4 Å². The average Bonchev–Trinajstić information content (AvgIpc) is 2.70. The van der Waals surface area contributed by atoms with Gasteiger partial charge in [-0.2, -0.15) is 0 Å². The second kappa shape index (κ2) is 8.09. The predicted molar refractivity (Wildman–Crippen MR) is 108 cm³/mol. The molecule has 1 N–H and O–H groups in total. The SMILES string of the molecule is O=C(COc1ccc(Cl)cc1)N(c1ccc(Cl)cc1)C1C[NH+]2CCC1CC2. The van der Waals surface area contributed by atoms with Crippen LogP contribution in [0.4, 0.5) is 5.69 Å². The van der Waals surface area contributed by atoms with Crippen LogP contribution < -0.4 is 14.5 Å². The third kappa shape index (κ3) is 4.23. The zero-order valence-corrected chi connectivity index (χ0v) is 16.5. The van der Waals surface area contributed by atoms with Crippen LogP contribution in [0.1, 0.15) is 12.8 Å². The maximum absolute atomic E-state index is 13.2. The van der Waals surface area contributed by atoms with Crippen molar-refractivity contribution in [3.8, 4) is 5.75 Å². The minimum absolute atomic E-state index is 0.00279. The van der Waals surface area contributed by atoms with Gasteiger partial charge in [0, 0.05) is 28.6 Å². The Bertz CT molecular complexity index is 787. The first-order valence-corrected chi connectivity index (χ1v) is 10.2. The Morgan fingerprint density at radius 3 is 2.15 bits per heavy atom. The van der Waals surface area contributed by atoms with Crippen LogP contribution in [-0.2, 0) is 4.79 Å². The molecule has 3 aliphatic heterocycles. The second-order valence-corrected chi connectivity index (χ2v) is 8.21. The van der Waals surface area contributed by atoms with Crippen molar-refractivity contribution in [2.75, 3.05) is 31.1 Å². The first-order chi connectivity index (χ1) is 13.1. The van der Waals surface area contributed by atoms with Crippen LogP contribution in [0.2, 0.25) is 10.0 Å². The summed E-state index contributed by atoms with van der Waals surface area (Å²) in [5.74, 6) is 1.17. The van der Waals surface area contributed by atoms with Gasteiger partial charge in [-0.25, -0.2) is 0 Å². The number of nitrogens with one attached hydrogen (secondary N) is 1. The summed E-state index contributed by atoms with van der Waals surface area (Å²) in [6, 6.07) is 14.8. The van der Waals surface area contributed by atoms with E-state index in [0.29, 0.717) is 21.7 Å². The highest BCUT2D eigenvalue weighted by molar-refractivity contribution is 6.30. The fourth-order valence-corrected chi connectivity index (χ4v) is 4.52. The van der Waals surface area contributed by atoms with Gasteiger partial charge in [0.15, 0.2) is 6.61 Å². The van der Waals surface area contributed by atoms with E-state index in [0.717, 1.165) is 12.2 Å². The number of hydrogen-bond acceptors (Lipinski definition) is 2. The number of piperidine rings is 3. The molecule has 0 aromatic heterocycles. The van der Waals surface area contributed by atoms with Crippen LogP contribution in [0, 0.1) is 5.92 Å². The molecule has 2 aromatic carbocycles. The summed E-state index contributed by atoms with van der Waals surface area (Å²) in [7, 11) is 0. The quantitative estimate of drug-likeness (QED) is 0.828. The van der Waals surface area contributed by atoms with Crippen molar-refractivity contribution >= 4 is 34.8 Å². The number of nitrogens with zero attached hydrogens (tertiary/aromatic N) is 1. The smallest absolute Gasteiger partial charge is 0.265 e. The number of anilines is 1. The van der Waals surface area contributed by atoms with Crippen molar-refractivity contribution in [1.29, 1.82) is 0 Å². The van der Waals surface area contributed by atoms with Gasteiger partial charge in [0.1, 0.15) is 5.75 Å². The lowest BCUT2D eigenvalue weighted by molar-refractivity contribution is -0.917. The molecule has 3 heterocycles. The van der Waals surface area contributed by atoms with E-state index in [1.165, 1.54) is 25.9 Å².